The van der Waals surface area contributed by atoms with Crippen LogP contribution in [0.4, 0.5) is 0 Å². The van der Waals surface area contributed by atoms with Crippen LogP contribution >= 0.6 is 0 Å². The summed E-state index contributed by atoms with van der Waals surface area (Å²) in [5.74, 6) is 0.911. The third-order valence-corrected chi connectivity index (χ3v) is 2.43. The molecule has 1 aliphatic heterocycles. The Hall–Kier alpha value is -0.530. The van der Waals surface area contributed by atoms with Crippen molar-refractivity contribution >= 4 is 5.91 Å². The molecule has 13 heavy (non-hydrogen) atoms. The highest BCUT2D eigenvalue weighted by Gasteiger charge is 2.20. The van der Waals surface area contributed by atoms with E-state index in [1.807, 2.05) is 18.7 Å². The van der Waals surface area contributed by atoms with E-state index < -0.39 is 0 Å². The van der Waals surface area contributed by atoms with E-state index in [1.165, 1.54) is 6.42 Å². The molecule has 78 valence electrons. The van der Waals surface area contributed by atoms with Gasteiger partial charge in [-0.25, -0.2) is 0 Å². The number of likely N-dealkylation sites (tertiary alicyclic amines) is 1. The van der Waals surface area contributed by atoms with E-state index in [4.69, 9.17) is 0 Å². The molecule has 0 aliphatic carbocycles. The maximum absolute atomic E-state index is 11.3. The second-order valence-corrected chi connectivity index (χ2v) is 3.45. The minimum Gasteiger partial charge on any atom is -0.343 e. The van der Waals surface area contributed by atoms with Gasteiger partial charge in [-0.1, -0.05) is 34.1 Å². The molecule has 0 N–H and O–H groups in total. The van der Waals surface area contributed by atoms with Crippen molar-refractivity contribution in [2.24, 2.45) is 5.92 Å². The fourth-order valence-corrected chi connectivity index (χ4v) is 1.14. The van der Waals surface area contributed by atoms with Gasteiger partial charge in [0.15, 0.2) is 0 Å². The van der Waals surface area contributed by atoms with Crippen LogP contribution in [0.1, 0.15) is 47.0 Å². The molecule has 0 saturated carbocycles. The summed E-state index contributed by atoms with van der Waals surface area (Å²) in [5, 5.41) is 0. The van der Waals surface area contributed by atoms with Crippen LogP contribution in [0.5, 0.6) is 0 Å². The first-order chi connectivity index (χ1) is 6.24. The Kier molecular flexibility index (Phi) is 6.65. The number of amides is 1. The molecule has 1 unspecified atom stereocenters. The zero-order valence-electron chi connectivity index (χ0n) is 9.47. The third kappa shape index (κ3) is 4.30. The lowest BCUT2D eigenvalue weighted by molar-refractivity contribution is -0.135. The zero-order valence-corrected chi connectivity index (χ0v) is 9.47. The van der Waals surface area contributed by atoms with Crippen LogP contribution in [-0.2, 0) is 4.79 Å². The van der Waals surface area contributed by atoms with E-state index in [0.29, 0.717) is 11.8 Å². The van der Waals surface area contributed by atoms with E-state index in [9.17, 15) is 4.79 Å². The summed E-state index contributed by atoms with van der Waals surface area (Å²) in [6.07, 6.45) is 3.06. The maximum atomic E-state index is 11.3. The predicted molar refractivity (Wildman–Crippen MR) is 56.6 cm³/mol. The topological polar surface area (TPSA) is 20.3 Å². The molecule has 0 aromatic rings. The number of hydrogen-bond acceptors (Lipinski definition) is 1. The molecule has 0 aromatic carbocycles. The van der Waals surface area contributed by atoms with Crippen molar-refractivity contribution in [2.45, 2.75) is 47.0 Å². The summed E-state index contributed by atoms with van der Waals surface area (Å²) >= 11 is 0. The number of carbonyl (C=O) groups is 1. The number of nitrogens with zero attached hydrogens (tertiary/aromatic N) is 1. The van der Waals surface area contributed by atoms with Crippen molar-refractivity contribution in [2.75, 3.05) is 13.1 Å². The molecule has 0 bridgehead atoms. The molecule has 1 fully saturated rings. The van der Waals surface area contributed by atoms with Crippen LogP contribution in [0.15, 0.2) is 0 Å². The Morgan fingerprint density at radius 1 is 1.38 bits per heavy atom. The van der Waals surface area contributed by atoms with E-state index >= 15 is 0 Å². The largest absolute Gasteiger partial charge is 0.343 e. The summed E-state index contributed by atoms with van der Waals surface area (Å²) in [4.78, 5) is 13.3. The predicted octanol–water partition coefficient (Wildman–Crippen LogP) is 2.68. The summed E-state index contributed by atoms with van der Waals surface area (Å²) in [7, 11) is 0. The quantitative estimate of drug-likeness (QED) is 0.662. The lowest BCUT2D eigenvalue weighted by atomic mass is 10.0. The molecule has 1 atom stereocenters. The molecule has 1 amide bonds. The van der Waals surface area contributed by atoms with Crippen LogP contribution in [0.3, 0.4) is 0 Å². The SMILES string of the molecule is CC.CCC(C)CC(=O)N1CCC1. The molecule has 0 aromatic heterocycles. The Morgan fingerprint density at radius 2 is 1.92 bits per heavy atom. The maximum Gasteiger partial charge on any atom is 0.222 e. The molecule has 1 heterocycles. The van der Waals surface area contributed by atoms with Gasteiger partial charge in [0.2, 0.25) is 5.91 Å². The lowest BCUT2D eigenvalue weighted by Crippen LogP contribution is -2.42. The average Bonchev–Trinajstić information content (AvgIpc) is 2.04. The van der Waals surface area contributed by atoms with Crippen molar-refractivity contribution in [1.29, 1.82) is 0 Å². The van der Waals surface area contributed by atoms with Gasteiger partial charge in [-0.15, -0.1) is 0 Å². The molecular formula is C11H23NO. The standard InChI is InChI=1S/C9H17NO.C2H6/c1-3-8(2)7-9(11)10-5-4-6-10;1-2/h8H,3-7H2,1-2H3;1-2H3. The summed E-state index contributed by atoms with van der Waals surface area (Å²) < 4.78 is 0. The fourth-order valence-electron chi connectivity index (χ4n) is 1.14. The highest BCUT2D eigenvalue weighted by molar-refractivity contribution is 5.77. The van der Waals surface area contributed by atoms with Crippen molar-refractivity contribution in [3.63, 3.8) is 0 Å². The van der Waals surface area contributed by atoms with E-state index in [2.05, 4.69) is 13.8 Å². The molecule has 0 spiro atoms. The van der Waals surface area contributed by atoms with Crippen LogP contribution < -0.4 is 0 Å². The second-order valence-electron chi connectivity index (χ2n) is 3.45. The van der Waals surface area contributed by atoms with Crippen molar-refractivity contribution < 1.29 is 4.79 Å². The van der Waals surface area contributed by atoms with Gasteiger partial charge in [-0.05, 0) is 12.3 Å². The minimum atomic E-state index is 0.352. The normalized spacial score (nSPS) is 16.8. The Bertz CT molecular complexity index is 141. The van der Waals surface area contributed by atoms with Gasteiger partial charge < -0.3 is 4.90 Å². The summed E-state index contributed by atoms with van der Waals surface area (Å²) in [6, 6.07) is 0. The van der Waals surface area contributed by atoms with Crippen molar-refractivity contribution in [1.82, 2.24) is 4.90 Å². The van der Waals surface area contributed by atoms with E-state index in [1.54, 1.807) is 0 Å². The summed E-state index contributed by atoms with van der Waals surface area (Å²) in [5.41, 5.74) is 0. The molecule has 1 aliphatic rings. The van der Waals surface area contributed by atoms with Crippen LogP contribution in [0.25, 0.3) is 0 Å². The Morgan fingerprint density at radius 3 is 2.23 bits per heavy atom. The second kappa shape index (κ2) is 6.93. The van der Waals surface area contributed by atoms with E-state index in [0.717, 1.165) is 25.9 Å². The molecule has 0 radical (unpaired) electrons. The summed E-state index contributed by atoms with van der Waals surface area (Å²) in [6.45, 7) is 10.3. The minimum absolute atomic E-state index is 0.352. The van der Waals surface area contributed by atoms with Gasteiger partial charge in [0, 0.05) is 19.5 Å². The van der Waals surface area contributed by atoms with Crippen LogP contribution in [0.2, 0.25) is 0 Å². The molecule has 1 rings (SSSR count). The fraction of sp³-hybridized carbons (Fsp3) is 0.909. The molecule has 1 saturated heterocycles. The Balaban J connectivity index is 0.000000671. The van der Waals surface area contributed by atoms with Crippen molar-refractivity contribution in [3.05, 3.63) is 0 Å². The molecular weight excluding hydrogens is 162 g/mol. The first-order valence-corrected chi connectivity index (χ1v) is 5.51. The molecule has 2 heteroatoms. The molecule has 2 nitrogen and oxygen atoms in total. The zero-order chi connectivity index (χ0) is 10.3. The first-order valence-electron chi connectivity index (χ1n) is 5.51. The van der Waals surface area contributed by atoms with Gasteiger partial charge in [-0.2, -0.15) is 0 Å². The monoisotopic (exact) mass is 185 g/mol. The number of carbonyl (C=O) groups excluding carboxylic acids is 1. The van der Waals surface area contributed by atoms with Gasteiger partial charge in [0.05, 0.1) is 0 Å². The Labute approximate surface area is 82.3 Å². The third-order valence-electron chi connectivity index (χ3n) is 2.43. The van der Waals surface area contributed by atoms with Gasteiger partial charge in [0.1, 0.15) is 0 Å². The van der Waals surface area contributed by atoms with Gasteiger partial charge >= 0.3 is 0 Å². The number of hydrogen-bond donors (Lipinski definition) is 0. The van der Waals surface area contributed by atoms with Gasteiger partial charge in [-0.3, -0.25) is 4.79 Å². The first kappa shape index (κ1) is 12.5. The van der Waals surface area contributed by atoms with E-state index in [-0.39, 0.29) is 0 Å². The highest BCUT2D eigenvalue weighted by Crippen LogP contribution is 2.13. The lowest BCUT2D eigenvalue weighted by Gasteiger charge is -2.31. The van der Waals surface area contributed by atoms with Crippen molar-refractivity contribution in [3.8, 4) is 0 Å². The smallest absolute Gasteiger partial charge is 0.222 e. The van der Waals surface area contributed by atoms with Crippen LogP contribution in [-0.4, -0.2) is 23.9 Å². The average molecular weight is 185 g/mol. The number of rotatable bonds is 3. The van der Waals surface area contributed by atoms with Gasteiger partial charge in [0.25, 0.3) is 0 Å². The highest BCUT2D eigenvalue weighted by atomic mass is 16.2. The van der Waals surface area contributed by atoms with Crippen LogP contribution in [0, 0.1) is 5.92 Å².